The Balaban J connectivity index is 1.85. The van der Waals surface area contributed by atoms with Crippen molar-refractivity contribution >= 4 is 17.8 Å². The molecule has 3 rings (SSSR count). The molecule has 2 amide bonds. The van der Waals surface area contributed by atoms with Gasteiger partial charge < -0.3 is 14.9 Å². The quantitative estimate of drug-likeness (QED) is 0.677. The molecule has 1 N–H and O–H groups in total. The second-order valence-electron chi connectivity index (χ2n) is 7.21. The van der Waals surface area contributed by atoms with Crippen molar-refractivity contribution in [2.75, 3.05) is 20.1 Å². The first-order chi connectivity index (χ1) is 12.6. The molecular weight excluding hydrogens is 356 g/mol. The average molecular weight is 378 g/mol. The zero-order valence-corrected chi connectivity index (χ0v) is 15.5. The lowest BCUT2D eigenvalue weighted by molar-refractivity contribution is -0.145. The molecule has 0 aromatic carbocycles. The van der Waals surface area contributed by atoms with Crippen LogP contribution in [0.5, 0.6) is 0 Å². The smallest absolute Gasteiger partial charge is 0.331 e. The van der Waals surface area contributed by atoms with E-state index in [1.54, 1.807) is 7.05 Å². The van der Waals surface area contributed by atoms with Crippen molar-refractivity contribution in [2.45, 2.75) is 24.8 Å². The molecule has 2 aliphatic rings. The van der Waals surface area contributed by atoms with Gasteiger partial charge >= 0.3 is 11.7 Å². The Morgan fingerprint density at radius 1 is 1.07 bits per heavy atom. The van der Waals surface area contributed by atoms with Gasteiger partial charge in [0.1, 0.15) is 5.69 Å². The fraction of sp³-hybridized carbons (Fsp3) is 0.588. The zero-order valence-electron chi connectivity index (χ0n) is 15.5. The number of amides is 2. The molecule has 0 radical (unpaired) electrons. The van der Waals surface area contributed by atoms with Crippen molar-refractivity contribution in [3.8, 4) is 0 Å². The van der Waals surface area contributed by atoms with Gasteiger partial charge in [0.05, 0.1) is 11.5 Å². The van der Waals surface area contributed by atoms with Gasteiger partial charge in [-0.05, 0) is 12.8 Å². The lowest BCUT2D eigenvalue weighted by atomic mass is 9.77. The fourth-order valence-corrected chi connectivity index (χ4v) is 4.18. The van der Waals surface area contributed by atoms with Crippen LogP contribution < -0.4 is 11.2 Å². The molecule has 2 saturated heterocycles. The molecule has 10 heteroatoms. The number of aromatic nitrogens is 2. The Kier molecular flexibility index (Phi) is 4.44. The average Bonchev–Trinajstić information content (AvgIpc) is 2.88. The number of carbonyl (C=O) groups excluding carboxylic acids is 2. The minimum Gasteiger partial charge on any atom is -0.481 e. The number of carbonyl (C=O) groups is 3. The van der Waals surface area contributed by atoms with E-state index in [9.17, 15) is 29.1 Å². The topological polar surface area (TPSA) is 122 Å². The number of piperidine rings is 1. The van der Waals surface area contributed by atoms with Crippen molar-refractivity contribution in [1.29, 1.82) is 0 Å². The highest BCUT2D eigenvalue weighted by Gasteiger charge is 2.55. The summed E-state index contributed by atoms with van der Waals surface area (Å²) in [6, 6.07) is 1.12. The van der Waals surface area contributed by atoms with Crippen molar-refractivity contribution in [3.05, 3.63) is 32.6 Å². The van der Waals surface area contributed by atoms with Crippen LogP contribution in [0.1, 0.15) is 29.8 Å². The second-order valence-corrected chi connectivity index (χ2v) is 7.21. The lowest BCUT2D eigenvalue weighted by Gasteiger charge is -2.45. The monoisotopic (exact) mass is 378 g/mol. The summed E-state index contributed by atoms with van der Waals surface area (Å²) >= 11 is 0. The normalized spacial score (nSPS) is 21.7. The number of aliphatic carboxylic acids is 1. The van der Waals surface area contributed by atoms with E-state index in [-0.39, 0.29) is 31.1 Å². The van der Waals surface area contributed by atoms with E-state index in [0.29, 0.717) is 12.8 Å². The number of hydrogen-bond donors (Lipinski definition) is 1. The summed E-state index contributed by atoms with van der Waals surface area (Å²) in [5.41, 5.74) is -1.98. The Labute approximate surface area is 154 Å². The van der Waals surface area contributed by atoms with E-state index < -0.39 is 34.6 Å². The van der Waals surface area contributed by atoms with E-state index in [4.69, 9.17) is 0 Å². The van der Waals surface area contributed by atoms with Crippen LogP contribution in [0, 0.1) is 5.92 Å². The number of rotatable bonds is 2. The summed E-state index contributed by atoms with van der Waals surface area (Å²) in [7, 11) is 4.36. The Morgan fingerprint density at radius 3 is 2.22 bits per heavy atom. The van der Waals surface area contributed by atoms with Crippen LogP contribution in [0.3, 0.4) is 0 Å². The molecule has 0 saturated carbocycles. The first kappa shape index (κ1) is 18.9. The van der Waals surface area contributed by atoms with E-state index in [2.05, 4.69) is 0 Å². The number of nitrogens with zero attached hydrogens (tertiary/aromatic N) is 4. The summed E-state index contributed by atoms with van der Waals surface area (Å²) in [5, 5.41) is 9.51. The summed E-state index contributed by atoms with van der Waals surface area (Å²) in [4.78, 5) is 63.4. The van der Waals surface area contributed by atoms with Crippen LogP contribution in [0.2, 0.25) is 0 Å². The van der Waals surface area contributed by atoms with Crippen molar-refractivity contribution < 1.29 is 19.5 Å². The first-order valence-electron chi connectivity index (χ1n) is 8.66. The van der Waals surface area contributed by atoms with E-state index >= 15 is 0 Å². The number of carboxylic acid groups (broad SMARTS) is 1. The summed E-state index contributed by atoms with van der Waals surface area (Å²) in [5.74, 6) is -2.49. The molecule has 27 heavy (non-hydrogen) atoms. The van der Waals surface area contributed by atoms with Crippen LogP contribution in [0.4, 0.5) is 0 Å². The molecule has 1 atom stereocenters. The van der Waals surface area contributed by atoms with Crippen LogP contribution in [-0.2, 0) is 23.7 Å². The molecular formula is C17H22N4O6. The number of carboxylic acids is 1. The molecule has 10 nitrogen and oxygen atoms in total. The maximum atomic E-state index is 12.8. The Morgan fingerprint density at radius 2 is 1.67 bits per heavy atom. The van der Waals surface area contributed by atoms with Crippen LogP contribution in [-0.4, -0.2) is 67.5 Å². The molecule has 0 bridgehead atoms. The fourth-order valence-electron chi connectivity index (χ4n) is 4.18. The maximum absolute atomic E-state index is 12.8. The molecule has 146 valence electrons. The highest BCUT2D eigenvalue weighted by Crippen LogP contribution is 2.42. The van der Waals surface area contributed by atoms with Crippen LogP contribution in [0.25, 0.3) is 0 Å². The van der Waals surface area contributed by atoms with Crippen molar-refractivity contribution in [3.63, 3.8) is 0 Å². The van der Waals surface area contributed by atoms with Gasteiger partial charge in [0, 0.05) is 46.7 Å². The molecule has 2 aliphatic heterocycles. The molecule has 3 heterocycles. The molecule has 0 unspecified atom stereocenters. The van der Waals surface area contributed by atoms with Gasteiger partial charge in [-0.2, -0.15) is 0 Å². The summed E-state index contributed by atoms with van der Waals surface area (Å²) < 4.78 is 2.04. The number of hydrogen-bond acceptors (Lipinski definition) is 5. The van der Waals surface area contributed by atoms with Crippen LogP contribution in [0.15, 0.2) is 15.7 Å². The predicted molar refractivity (Wildman–Crippen MR) is 93.3 cm³/mol. The lowest BCUT2D eigenvalue weighted by Crippen LogP contribution is -2.57. The highest BCUT2D eigenvalue weighted by molar-refractivity contribution is 5.93. The molecule has 1 spiro atoms. The van der Waals surface area contributed by atoms with E-state index in [1.807, 2.05) is 0 Å². The van der Waals surface area contributed by atoms with Gasteiger partial charge in [-0.15, -0.1) is 0 Å². The highest BCUT2D eigenvalue weighted by atomic mass is 16.4. The third-order valence-corrected chi connectivity index (χ3v) is 6.03. The van der Waals surface area contributed by atoms with Gasteiger partial charge in [-0.25, -0.2) is 4.79 Å². The maximum Gasteiger partial charge on any atom is 0.331 e. The summed E-state index contributed by atoms with van der Waals surface area (Å²) in [6.07, 6.45) is 0.622. The molecule has 0 aliphatic carbocycles. The van der Waals surface area contributed by atoms with Gasteiger partial charge in [0.25, 0.3) is 11.5 Å². The standard InChI is InChI=1S/C17H22N4O6/c1-18-11(9-12(22)19(2)16(18)27)14(24)21-6-4-17(5-7-21)10(15(25)26)8-13(23)20(17)3/h9-10H,4-8H2,1-3H3,(H,25,26)/t10-/m1/s1. The minimum atomic E-state index is -1.01. The van der Waals surface area contributed by atoms with E-state index in [0.717, 1.165) is 15.2 Å². The first-order valence-corrected chi connectivity index (χ1v) is 8.66. The Bertz CT molecular complexity index is 938. The zero-order chi connectivity index (χ0) is 20.1. The van der Waals surface area contributed by atoms with Gasteiger partial charge in [0.15, 0.2) is 0 Å². The minimum absolute atomic E-state index is 0.00955. The van der Waals surface area contributed by atoms with Gasteiger partial charge in [0.2, 0.25) is 5.91 Å². The SMILES string of the molecule is CN1C(=O)C[C@H](C(=O)O)C12CCN(C(=O)c1cc(=O)n(C)c(=O)n1C)CC2. The molecule has 1 aromatic heterocycles. The molecule has 1 aromatic rings. The van der Waals surface area contributed by atoms with Crippen molar-refractivity contribution in [2.24, 2.45) is 20.0 Å². The van der Waals surface area contributed by atoms with Crippen LogP contribution >= 0.6 is 0 Å². The summed E-state index contributed by atoms with van der Waals surface area (Å²) in [6.45, 7) is 0.479. The van der Waals surface area contributed by atoms with E-state index in [1.165, 1.54) is 23.9 Å². The third-order valence-electron chi connectivity index (χ3n) is 6.03. The predicted octanol–water partition coefficient (Wildman–Crippen LogP) is -1.38. The number of likely N-dealkylation sites (tertiary alicyclic amines) is 2. The largest absolute Gasteiger partial charge is 0.481 e. The van der Waals surface area contributed by atoms with Gasteiger partial charge in [-0.3, -0.25) is 28.3 Å². The Hall–Kier alpha value is -2.91. The second kappa shape index (κ2) is 6.36. The van der Waals surface area contributed by atoms with Crippen molar-refractivity contribution in [1.82, 2.24) is 18.9 Å². The third kappa shape index (κ3) is 2.75. The molecule has 2 fully saturated rings. The van der Waals surface area contributed by atoms with Gasteiger partial charge in [-0.1, -0.05) is 0 Å².